The van der Waals surface area contributed by atoms with E-state index in [-0.39, 0.29) is 18.2 Å². The first kappa shape index (κ1) is 25.7. The molecule has 2 N–H and O–H groups in total. The number of alkyl halides is 3. The van der Waals surface area contributed by atoms with Gasteiger partial charge in [0.2, 0.25) is 0 Å². The molecule has 0 fully saturated rings. The van der Waals surface area contributed by atoms with Gasteiger partial charge in [-0.25, -0.2) is 0 Å². The molecule has 0 radical (unpaired) electrons. The van der Waals surface area contributed by atoms with Gasteiger partial charge in [-0.15, -0.1) is 0 Å². The molecule has 35 heavy (non-hydrogen) atoms. The standard InChI is InChI=1S/C23H18BrF3N4O4/c1-14-2-6-17(7-3-14)29-22(32)13-35-21-9-4-15(10-18(21)24)12-28-30-19-8-5-16(23(25,26)27)11-20(19)31(33)34/h2-12,30H,13H2,1H3,(H,29,32)/b28-12-. The number of benzene rings is 3. The molecule has 0 saturated heterocycles. The average molecular weight is 551 g/mol. The first-order chi connectivity index (χ1) is 16.5. The molecular formula is C23H18BrF3N4O4. The third-order valence-corrected chi connectivity index (χ3v) is 5.19. The Kier molecular flexibility index (Phi) is 8.07. The number of hydrogen-bond acceptors (Lipinski definition) is 6. The number of rotatable bonds is 8. The smallest absolute Gasteiger partial charge is 0.416 e. The Balaban J connectivity index is 1.60. The molecule has 3 aromatic rings. The lowest BCUT2D eigenvalue weighted by Crippen LogP contribution is -2.20. The third-order valence-electron chi connectivity index (χ3n) is 4.57. The highest BCUT2D eigenvalue weighted by Gasteiger charge is 2.33. The molecule has 0 saturated carbocycles. The zero-order chi connectivity index (χ0) is 25.6. The molecule has 3 rings (SSSR count). The molecule has 12 heteroatoms. The highest BCUT2D eigenvalue weighted by molar-refractivity contribution is 9.10. The van der Waals surface area contributed by atoms with E-state index in [4.69, 9.17) is 4.74 Å². The van der Waals surface area contributed by atoms with Gasteiger partial charge in [-0.1, -0.05) is 17.7 Å². The second-order valence-electron chi connectivity index (χ2n) is 7.25. The van der Waals surface area contributed by atoms with Gasteiger partial charge in [0.1, 0.15) is 11.4 Å². The number of nitro benzene ring substituents is 1. The largest absolute Gasteiger partial charge is 0.483 e. The molecule has 0 aliphatic carbocycles. The Morgan fingerprint density at radius 2 is 1.86 bits per heavy atom. The summed E-state index contributed by atoms with van der Waals surface area (Å²) in [6.07, 6.45) is -3.38. The Labute approximate surface area is 206 Å². The van der Waals surface area contributed by atoms with Crippen molar-refractivity contribution >= 4 is 45.1 Å². The number of carbonyl (C=O) groups excluding carboxylic acids is 1. The van der Waals surface area contributed by atoms with Crippen molar-refractivity contribution in [3.05, 3.63) is 91.9 Å². The van der Waals surface area contributed by atoms with E-state index < -0.39 is 22.4 Å². The Morgan fingerprint density at radius 1 is 1.14 bits per heavy atom. The van der Waals surface area contributed by atoms with Crippen LogP contribution in [0.25, 0.3) is 0 Å². The minimum Gasteiger partial charge on any atom is -0.483 e. The summed E-state index contributed by atoms with van der Waals surface area (Å²) in [7, 11) is 0. The van der Waals surface area contributed by atoms with Crippen LogP contribution in [-0.2, 0) is 11.0 Å². The molecule has 0 aromatic heterocycles. The summed E-state index contributed by atoms with van der Waals surface area (Å²) in [4.78, 5) is 22.3. The van der Waals surface area contributed by atoms with Crippen molar-refractivity contribution in [1.29, 1.82) is 0 Å². The fraction of sp³-hybridized carbons (Fsp3) is 0.130. The second kappa shape index (κ2) is 11.0. The summed E-state index contributed by atoms with van der Waals surface area (Å²) in [5.74, 6) is 0.0567. The summed E-state index contributed by atoms with van der Waals surface area (Å²) in [5, 5.41) is 17.7. The summed E-state index contributed by atoms with van der Waals surface area (Å²) in [5.41, 5.74) is 2.56. The van der Waals surface area contributed by atoms with Crippen LogP contribution in [0.3, 0.4) is 0 Å². The SMILES string of the molecule is Cc1ccc(NC(=O)COc2ccc(/C=N\Nc3ccc(C(F)(F)F)cc3[N+](=O)[O-])cc2Br)cc1. The number of hydrazone groups is 1. The van der Waals surface area contributed by atoms with Gasteiger partial charge in [0, 0.05) is 11.8 Å². The lowest BCUT2D eigenvalue weighted by Gasteiger charge is -2.10. The van der Waals surface area contributed by atoms with Gasteiger partial charge < -0.3 is 10.1 Å². The molecule has 0 heterocycles. The van der Waals surface area contributed by atoms with E-state index in [2.05, 4.69) is 31.8 Å². The monoisotopic (exact) mass is 550 g/mol. The Bertz CT molecular complexity index is 1260. The predicted molar refractivity (Wildman–Crippen MR) is 129 cm³/mol. The maximum absolute atomic E-state index is 12.8. The molecule has 3 aromatic carbocycles. The van der Waals surface area contributed by atoms with E-state index >= 15 is 0 Å². The van der Waals surface area contributed by atoms with Crippen molar-refractivity contribution in [2.45, 2.75) is 13.1 Å². The van der Waals surface area contributed by atoms with Crippen LogP contribution in [0.1, 0.15) is 16.7 Å². The molecule has 182 valence electrons. The number of nitro groups is 1. The van der Waals surface area contributed by atoms with E-state index in [0.717, 1.165) is 17.7 Å². The molecule has 0 unspecified atom stereocenters. The number of nitrogens with one attached hydrogen (secondary N) is 2. The number of ether oxygens (including phenoxy) is 1. The second-order valence-corrected chi connectivity index (χ2v) is 8.10. The quantitative estimate of drug-likeness (QED) is 0.199. The van der Waals surface area contributed by atoms with Crippen LogP contribution in [0.15, 0.2) is 70.2 Å². The molecular weight excluding hydrogens is 533 g/mol. The lowest BCUT2D eigenvalue weighted by molar-refractivity contribution is -0.384. The molecule has 0 atom stereocenters. The molecule has 0 aliphatic rings. The van der Waals surface area contributed by atoms with Gasteiger partial charge in [0.25, 0.3) is 11.6 Å². The van der Waals surface area contributed by atoms with E-state index in [1.807, 2.05) is 19.1 Å². The van der Waals surface area contributed by atoms with Gasteiger partial charge in [-0.05, 0) is 70.9 Å². The fourth-order valence-corrected chi connectivity index (χ4v) is 3.33. The van der Waals surface area contributed by atoms with Gasteiger partial charge in [0.15, 0.2) is 6.61 Å². The lowest BCUT2D eigenvalue weighted by atomic mass is 10.1. The molecule has 0 aliphatic heterocycles. The molecule has 1 amide bonds. The van der Waals surface area contributed by atoms with Crippen molar-refractivity contribution in [2.75, 3.05) is 17.3 Å². The van der Waals surface area contributed by atoms with E-state index in [0.29, 0.717) is 27.5 Å². The maximum atomic E-state index is 12.8. The molecule has 8 nitrogen and oxygen atoms in total. The van der Waals surface area contributed by atoms with Crippen LogP contribution in [0.4, 0.5) is 30.2 Å². The third kappa shape index (κ3) is 7.27. The average Bonchev–Trinajstić information content (AvgIpc) is 2.79. The number of nitrogens with zero attached hydrogens (tertiary/aromatic N) is 2. The van der Waals surface area contributed by atoms with Gasteiger partial charge in [-0.2, -0.15) is 18.3 Å². The van der Waals surface area contributed by atoms with Crippen molar-refractivity contribution in [3.63, 3.8) is 0 Å². The number of amides is 1. The minimum atomic E-state index is -4.70. The van der Waals surface area contributed by atoms with Crippen LogP contribution >= 0.6 is 15.9 Å². The fourth-order valence-electron chi connectivity index (χ4n) is 2.82. The maximum Gasteiger partial charge on any atom is 0.416 e. The van der Waals surface area contributed by atoms with E-state index in [1.54, 1.807) is 30.3 Å². The highest BCUT2D eigenvalue weighted by atomic mass is 79.9. The van der Waals surface area contributed by atoms with Crippen LogP contribution in [0.2, 0.25) is 0 Å². The Morgan fingerprint density at radius 3 is 2.49 bits per heavy atom. The highest BCUT2D eigenvalue weighted by Crippen LogP contribution is 2.35. The van der Waals surface area contributed by atoms with Gasteiger partial charge >= 0.3 is 6.18 Å². The van der Waals surface area contributed by atoms with Gasteiger partial charge in [-0.3, -0.25) is 20.3 Å². The van der Waals surface area contributed by atoms with E-state index in [9.17, 15) is 28.1 Å². The van der Waals surface area contributed by atoms with Crippen LogP contribution in [-0.4, -0.2) is 23.7 Å². The summed E-state index contributed by atoms with van der Waals surface area (Å²) in [6, 6.07) is 14.2. The number of anilines is 2. The van der Waals surface area contributed by atoms with E-state index in [1.165, 1.54) is 6.21 Å². The number of halogens is 4. The number of aryl methyl sites for hydroxylation is 1. The predicted octanol–water partition coefficient (Wildman–Crippen LogP) is 6.15. The van der Waals surface area contributed by atoms with Crippen LogP contribution < -0.4 is 15.5 Å². The number of hydrogen-bond donors (Lipinski definition) is 2. The summed E-state index contributed by atoms with van der Waals surface area (Å²) >= 11 is 3.33. The topological polar surface area (TPSA) is 106 Å². The number of carbonyl (C=O) groups is 1. The van der Waals surface area contributed by atoms with Crippen molar-refractivity contribution < 1.29 is 27.6 Å². The zero-order valence-corrected chi connectivity index (χ0v) is 19.7. The van der Waals surface area contributed by atoms with Crippen LogP contribution in [0, 0.1) is 17.0 Å². The van der Waals surface area contributed by atoms with Crippen molar-refractivity contribution in [3.8, 4) is 5.75 Å². The van der Waals surface area contributed by atoms with Crippen molar-refractivity contribution in [1.82, 2.24) is 0 Å². The minimum absolute atomic E-state index is 0.196. The Hall–Kier alpha value is -3.93. The normalized spacial score (nSPS) is 11.3. The summed E-state index contributed by atoms with van der Waals surface area (Å²) < 4.78 is 44.5. The molecule has 0 spiro atoms. The van der Waals surface area contributed by atoms with Crippen LogP contribution in [0.5, 0.6) is 5.75 Å². The van der Waals surface area contributed by atoms with Gasteiger partial charge in [0.05, 0.1) is 21.2 Å². The zero-order valence-electron chi connectivity index (χ0n) is 18.1. The molecule has 0 bridgehead atoms. The first-order valence-corrected chi connectivity index (χ1v) is 10.8. The summed E-state index contributed by atoms with van der Waals surface area (Å²) in [6.45, 7) is 1.72. The van der Waals surface area contributed by atoms with Crippen molar-refractivity contribution in [2.24, 2.45) is 5.10 Å². The first-order valence-electron chi connectivity index (χ1n) is 9.96.